The van der Waals surface area contributed by atoms with Crippen LogP contribution in [0.25, 0.3) is 21.8 Å². The van der Waals surface area contributed by atoms with Gasteiger partial charge in [0.15, 0.2) is 0 Å². The predicted molar refractivity (Wildman–Crippen MR) is 72.3 cm³/mol. The minimum absolute atomic E-state index is 0.350. The number of nitrogens with zero attached hydrogens (tertiary/aromatic N) is 1. The molecule has 0 amide bonds. The Balaban J connectivity index is 2.61. The second-order valence-electron chi connectivity index (χ2n) is 4.30. The number of pyridine rings is 1. The molecule has 0 bridgehead atoms. The maximum atomic E-state index is 11.9. The summed E-state index contributed by atoms with van der Waals surface area (Å²) in [6.45, 7) is 3.62. The molecule has 0 aliphatic carbocycles. The minimum Gasteiger partial charge on any atom is -0.428 e. The summed E-state index contributed by atoms with van der Waals surface area (Å²) in [6, 6.07) is 7.24. The molecule has 90 valence electrons. The van der Waals surface area contributed by atoms with E-state index >= 15 is 0 Å². The number of aryl methyl sites for hydroxylation is 2. The zero-order chi connectivity index (χ0) is 12.9. The van der Waals surface area contributed by atoms with E-state index in [0.29, 0.717) is 21.7 Å². The first kappa shape index (κ1) is 11.2. The summed E-state index contributed by atoms with van der Waals surface area (Å²) in [5.41, 5.74) is 1.99. The molecule has 0 atom stereocenters. The third-order valence-electron chi connectivity index (χ3n) is 3.03. The van der Waals surface area contributed by atoms with Crippen LogP contribution in [-0.4, -0.2) is 4.98 Å². The quantitative estimate of drug-likeness (QED) is 0.579. The maximum Gasteiger partial charge on any atom is 0.345 e. The van der Waals surface area contributed by atoms with Crippen molar-refractivity contribution in [2.45, 2.75) is 13.8 Å². The molecule has 18 heavy (non-hydrogen) atoms. The summed E-state index contributed by atoms with van der Waals surface area (Å²) in [7, 11) is 0. The largest absolute Gasteiger partial charge is 0.428 e. The zero-order valence-corrected chi connectivity index (χ0v) is 10.7. The highest BCUT2D eigenvalue weighted by Gasteiger charge is 2.11. The first-order valence-electron chi connectivity index (χ1n) is 5.56. The standard InChI is InChI=1S/C14H10ClNO2/c1-7-5-12-13(14(17)18-7)8(2)10-6-9(15)3-4-11(10)16-12/h3-6H,1-2H3. The molecule has 0 spiro atoms. The van der Waals surface area contributed by atoms with E-state index in [9.17, 15) is 4.79 Å². The summed E-state index contributed by atoms with van der Waals surface area (Å²) < 4.78 is 5.12. The Kier molecular flexibility index (Phi) is 2.38. The Bertz CT molecular complexity index is 836. The lowest BCUT2D eigenvalue weighted by Gasteiger charge is -2.06. The van der Waals surface area contributed by atoms with E-state index in [1.54, 1.807) is 19.1 Å². The SMILES string of the molecule is Cc1cc2nc3ccc(Cl)cc3c(C)c2c(=O)o1. The molecule has 4 heteroatoms. The van der Waals surface area contributed by atoms with Crippen molar-refractivity contribution in [2.75, 3.05) is 0 Å². The summed E-state index contributed by atoms with van der Waals surface area (Å²) in [5, 5.41) is 2.03. The molecule has 0 aliphatic rings. The highest BCUT2D eigenvalue weighted by atomic mass is 35.5. The average Bonchev–Trinajstić information content (AvgIpc) is 2.29. The van der Waals surface area contributed by atoms with Gasteiger partial charge in [0.2, 0.25) is 0 Å². The third kappa shape index (κ3) is 1.59. The van der Waals surface area contributed by atoms with Gasteiger partial charge in [0.25, 0.3) is 0 Å². The van der Waals surface area contributed by atoms with E-state index in [2.05, 4.69) is 4.98 Å². The van der Waals surface area contributed by atoms with Crippen molar-refractivity contribution in [3.05, 3.63) is 51.0 Å². The van der Waals surface area contributed by atoms with Crippen molar-refractivity contribution >= 4 is 33.4 Å². The van der Waals surface area contributed by atoms with Crippen molar-refractivity contribution in [3.8, 4) is 0 Å². The minimum atomic E-state index is -0.350. The fourth-order valence-corrected chi connectivity index (χ4v) is 2.37. The molecule has 0 radical (unpaired) electrons. The van der Waals surface area contributed by atoms with Crippen LogP contribution in [0.5, 0.6) is 0 Å². The van der Waals surface area contributed by atoms with Crippen LogP contribution < -0.4 is 5.63 Å². The number of hydrogen-bond donors (Lipinski definition) is 0. The molecule has 0 aliphatic heterocycles. The van der Waals surface area contributed by atoms with Crippen LogP contribution in [0.2, 0.25) is 5.02 Å². The highest BCUT2D eigenvalue weighted by molar-refractivity contribution is 6.31. The normalized spacial score (nSPS) is 11.3. The molecule has 0 N–H and O–H groups in total. The summed E-state index contributed by atoms with van der Waals surface area (Å²) in [5.74, 6) is 0.563. The zero-order valence-electron chi connectivity index (χ0n) is 9.95. The van der Waals surface area contributed by atoms with Crippen molar-refractivity contribution < 1.29 is 4.42 Å². The second kappa shape index (κ2) is 3.82. The first-order chi connectivity index (χ1) is 8.56. The van der Waals surface area contributed by atoms with Crippen LogP contribution in [0.3, 0.4) is 0 Å². The molecule has 0 fully saturated rings. The second-order valence-corrected chi connectivity index (χ2v) is 4.74. The van der Waals surface area contributed by atoms with Gasteiger partial charge in [-0.3, -0.25) is 0 Å². The van der Waals surface area contributed by atoms with Gasteiger partial charge in [0.05, 0.1) is 16.4 Å². The van der Waals surface area contributed by atoms with Gasteiger partial charge in [-0.2, -0.15) is 0 Å². The summed E-state index contributed by atoms with van der Waals surface area (Å²) in [4.78, 5) is 16.4. The van der Waals surface area contributed by atoms with Gasteiger partial charge in [-0.15, -0.1) is 0 Å². The lowest BCUT2D eigenvalue weighted by Crippen LogP contribution is -2.04. The molecule has 0 saturated heterocycles. The van der Waals surface area contributed by atoms with E-state index in [0.717, 1.165) is 16.5 Å². The number of hydrogen-bond acceptors (Lipinski definition) is 3. The first-order valence-corrected chi connectivity index (χ1v) is 5.94. The molecular formula is C14H10ClNO2. The molecule has 0 saturated carbocycles. The van der Waals surface area contributed by atoms with Gasteiger partial charge in [0.1, 0.15) is 5.76 Å². The van der Waals surface area contributed by atoms with Crippen molar-refractivity contribution in [2.24, 2.45) is 0 Å². The van der Waals surface area contributed by atoms with Crippen molar-refractivity contribution in [3.63, 3.8) is 0 Å². The maximum absolute atomic E-state index is 11.9. The van der Waals surface area contributed by atoms with E-state index in [-0.39, 0.29) is 5.63 Å². The third-order valence-corrected chi connectivity index (χ3v) is 3.27. The average molecular weight is 260 g/mol. The summed E-state index contributed by atoms with van der Waals surface area (Å²) in [6.07, 6.45) is 0. The van der Waals surface area contributed by atoms with Crippen LogP contribution >= 0.6 is 11.6 Å². The topological polar surface area (TPSA) is 43.1 Å². The number of halogens is 1. The van der Waals surface area contributed by atoms with E-state index in [4.69, 9.17) is 16.0 Å². The molecule has 3 nitrogen and oxygen atoms in total. The van der Waals surface area contributed by atoms with Crippen molar-refractivity contribution in [1.29, 1.82) is 0 Å². The number of benzene rings is 1. The number of fused-ring (bicyclic) bond motifs is 2. The Labute approximate surface area is 108 Å². The number of aromatic nitrogens is 1. The van der Waals surface area contributed by atoms with E-state index in [1.165, 1.54) is 0 Å². The predicted octanol–water partition coefficient (Wildman–Crippen LogP) is 3.61. The molecule has 2 aromatic heterocycles. The van der Waals surface area contributed by atoms with Gasteiger partial charge in [0, 0.05) is 16.5 Å². The monoisotopic (exact) mass is 259 g/mol. The fraction of sp³-hybridized carbons (Fsp3) is 0.143. The summed E-state index contributed by atoms with van der Waals surface area (Å²) >= 11 is 5.98. The van der Waals surface area contributed by atoms with Gasteiger partial charge >= 0.3 is 5.63 Å². The highest BCUT2D eigenvalue weighted by Crippen LogP contribution is 2.26. The van der Waals surface area contributed by atoms with Gasteiger partial charge in [-0.25, -0.2) is 9.78 Å². The Morgan fingerprint density at radius 1 is 1.17 bits per heavy atom. The smallest absolute Gasteiger partial charge is 0.345 e. The lowest BCUT2D eigenvalue weighted by atomic mass is 10.1. The Morgan fingerprint density at radius 2 is 1.94 bits per heavy atom. The van der Waals surface area contributed by atoms with E-state index < -0.39 is 0 Å². The van der Waals surface area contributed by atoms with Crippen LogP contribution in [0, 0.1) is 13.8 Å². The van der Waals surface area contributed by atoms with Gasteiger partial charge in [-0.1, -0.05) is 11.6 Å². The Hall–Kier alpha value is -1.87. The fourth-order valence-electron chi connectivity index (χ4n) is 2.20. The molecular weight excluding hydrogens is 250 g/mol. The number of rotatable bonds is 0. The van der Waals surface area contributed by atoms with E-state index in [1.807, 2.05) is 19.1 Å². The van der Waals surface area contributed by atoms with Crippen LogP contribution in [0.15, 0.2) is 33.5 Å². The Morgan fingerprint density at radius 3 is 2.72 bits per heavy atom. The molecule has 3 aromatic rings. The van der Waals surface area contributed by atoms with Crippen molar-refractivity contribution in [1.82, 2.24) is 4.98 Å². The van der Waals surface area contributed by atoms with Gasteiger partial charge in [-0.05, 0) is 37.6 Å². The molecule has 2 heterocycles. The lowest BCUT2D eigenvalue weighted by molar-refractivity contribution is 0.488. The van der Waals surface area contributed by atoms with Crippen LogP contribution in [0.1, 0.15) is 11.3 Å². The van der Waals surface area contributed by atoms with Gasteiger partial charge < -0.3 is 4.42 Å². The van der Waals surface area contributed by atoms with Crippen LogP contribution in [0.4, 0.5) is 0 Å². The molecule has 0 unspecified atom stereocenters. The molecule has 1 aromatic carbocycles. The van der Waals surface area contributed by atoms with Crippen LogP contribution in [-0.2, 0) is 0 Å². The molecule has 3 rings (SSSR count).